The summed E-state index contributed by atoms with van der Waals surface area (Å²) in [6.07, 6.45) is 1.69. The molecule has 0 bridgehead atoms. The fourth-order valence-corrected chi connectivity index (χ4v) is 3.18. The fraction of sp³-hybridized carbons (Fsp3) is 0.333. The van der Waals surface area contributed by atoms with Gasteiger partial charge in [-0.1, -0.05) is 0 Å². The fourth-order valence-electron chi connectivity index (χ4n) is 3.18. The summed E-state index contributed by atoms with van der Waals surface area (Å²) in [5.41, 5.74) is 4.49. The van der Waals surface area contributed by atoms with Crippen molar-refractivity contribution in [2.75, 3.05) is 36.0 Å². The first kappa shape index (κ1) is 15.4. The van der Waals surface area contributed by atoms with E-state index in [0.717, 1.165) is 54.7 Å². The van der Waals surface area contributed by atoms with Crippen LogP contribution in [0.5, 0.6) is 0 Å². The number of hydrogen-bond acceptors (Lipinski definition) is 6. The Kier molecular flexibility index (Phi) is 3.73. The van der Waals surface area contributed by atoms with Crippen molar-refractivity contribution in [3.05, 3.63) is 47.5 Å². The predicted octanol–water partition coefficient (Wildman–Crippen LogP) is 1.94. The molecule has 1 saturated heterocycles. The topological polar surface area (TPSA) is 73.3 Å². The minimum Gasteiger partial charge on any atom is -0.368 e. The number of imidazole rings is 1. The summed E-state index contributed by atoms with van der Waals surface area (Å²) >= 11 is 0. The van der Waals surface area contributed by atoms with Gasteiger partial charge in [-0.2, -0.15) is 5.26 Å². The van der Waals surface area contributed by atoms with Crippen molar-refractivity contribution in [1.82, 2.24) is 19.6 Å². The van der Waals surface area contributed by atoms with Gasteiger partial charge in [-0.3, -0.25) is 0 Å². The van der Waals surface area contributed by atoms with E-state index in [1.807, 2.05) is 42.6 Å². The molecular formula is C18H19N7. The number of aryl methyl sites for hydroxylation is 2. The molecule has 0 N–H and O–H groups in total. The van der Waals surface area contributed by atoms with Gasteiger partial charge >= 0.3 is 0 Å². The lowest BCUT2D eigenvalue weighted by Gasteiger charge is -2.36. The van der Waals surface area contributed by atoms with Crippen molar-refractivity contribution in [1.29, 1.82) is 5.26 Å². The van der Waals surface area contributed by atoms with Crippen molar-refractivity contribution < 1.29 is 0 Å². The van der Waals surface area contributed by atoms with Crippen LogP contribution in [0.3, 0.4) is 0 Å². The number of nitriles is 1. The van der Waals surface area contributed by atoms with Crippen LogP contribution >= 0.6 is 0 Å². The molecule has 0 aliphatic carbocycles. The third kappa shape index (κ3) is 2.76. The SMILES string of the molecule is Cc1nc2ccc(N3CCN(c4ccnc(C#N)c4)CC3)nn2c1C. The molecule has 7 heteroatoms. The van der Waals surface area contributed by atoms with Gasteiger partial charge in [-0.05, 0) is 38.1 Å². The Morgan fingerprint density at radius 1 is 1.04 bits per heavy atom. The predicted molar refractivity (Wildman–Crippen MR) is 95.8 cm³/mol. The van der Waals surface area contributed by atoms with E-state index in [2.05, 4.69) is 25.8 Å². The maximum Gasteiger partial charge on any atom is 0.154 e. The molecule has 1 fully saturated rings. The molecule has 0 spiro atoms. The Hall–Kier alpha value is -3.14. The highest BCUT2D eigenvalue weighted by atomic mass is 15.4. The van der Waals surface area contributed by atoms with Crippen molar-refractivity contribution >= 4 is 17.2 Å². The molecule has 0 saturated carbocycles. The van der Waals surface area contributed by atoms with Crippen LogP contribution < -0.4 is 9.80 Å². The highest BCUT2D eigenvalue weighted by Crippen LogP contribution is 2.20. The molecule has 0 radical (unpaired) electrons. The van der Waals surface area contributed by atoms with Gasteiger partial charge in [0.15, 0.2) is 5.65 Å². The number of anilines is 2. The molecule has 3 aromatic heterocycles. The van der Waals surface area contributed by atoms with E-state index in [-0.39, 0.29) is 0 Å². The van der Waals surface area contributed by atoms with E-state index in [4.69, 9.17) is 10.4 Å². The lowest BCUT2D eigenvalue weighted by atomic mass is 10.2. The van der Waals surface area contributed by atoms with Gasteiger partial charge in [0.1, 0.15) is 17.6 Å². The number of nitrogens with zero attached hydrogens (tertiary/aromatic N) is 7. The molecule has 7 nitrogen and oxygen atoms in total. The zero-order valence-corrected chi connectivity index (χ0v) is 14.3. The van der Waals surface area contributed by atoms with Crippen LogP contribution in [-0.2, 0) is 0 Å². The van der Waals surface area contributed by atoms with E-state index in [1.54, 1.807) is 6.20 Å². The van der Waals surface area contributed by atoms with Crippen molar-refractivity contribution in [2.24, 2.45) is 0 Å². The first-order valence-corrected chi connectivity index (χ1v) is 8.35. The average Bonchev–Trinajstić information content (AvgIpc) is 2.95. The second-order valence-electron chi connectivity index (χ2n) is 6.23. The number of piperazine rings is 1. The Morgan fingerprint density at radius 3 is 2.56 bits per heavy atom. The summed E-state index contributed by atoms with van der Waals surface area (Å²) in [6.45, 7) is 7.59. The number of aromatic nitrogens is 4. The Bertz CT molecular complexity index is 961. The van der Waals surface area contributed by atoms with Gasteiger partial charge in [-0.15, -0.1) is 5.10 Å². The summed E-state index contributed by atoms with van der Waals surface area (Å²) in [5, 5.41) is 13.8. The van der Waals surface area contributed by atoms with Crippen LogP contribution in [0.15, 0.2) is 30.5 Å². The van der Waals surface area contributed by atoms with E-state index in [0.29, 0.717) is 5.69 Å². The first-order chi connectivity index (χ1) is 12.2. The van der Waals surface area contributed by atoms with Gasteiger partial charge < -0.3 is 9.80 Å². The summed E-state index contributed by atoms with van der Waals surface area (Å²) in [4.78, 5) is 13.1. The molecule has 4 heterocycles. The number of pyridine rings is 1. The summed E-state index contributed by atoms with van der Waals surface area (Å²) in [7, 11) is 0. The highest BCUT2D eigenvalue weighted by molar-refractivity contribution is 5.52. The zero-order valence-electron chi connectivity index (χ0n) is 14.3. The smallest absolute Gasteiger partial charge is 0.154 e. The summed E-state index contributed by atoms with van der Waals surface area (Å²) in [5.74, 6) is 0.972. The van der Waals surface area contributed by atoms with Crippen molar-refractivity contribution in [2.45, 2.75) is 13.8 Å². The first-order valence-electron chi connectivity index (χ1n) is 8.35. The lowest BCUT2D eigenvalue weighted by molar-refractivity contribution is 0.640. The van der Waals surface area contributed by atoms with Gasteiger partial charge in [0, 0.05) is 38.1 Å². The second-order valence-corrected chi connectivity index (χ2v) is 6.23. The van der Waals surface area contributed by atoms with E-state index >= 15 is 0 Å². The van der Waals surface area contributed by atoms with Crippen LogP contribution in [0.1, 0.15) is 17.1 Å². The van der Waals surface area contributed by atoms with Gasteiger partial charge in [0.2, 0.25) is 0 Å². The number of rotatable bonds is 2. The quantitative estimate of drug-likeness (QED) is 0.713. The zero-order chi connectivity index (χ0) is 17.4. The highest BCUT2D eigenvalue weighted by Gasteiger charge is 2.19. The Balaban J connectivity index is 1.52. The van der Waals surface area contributed by atoms with E-state index in [1.165, 1.54) is 0 Å². The molecule has 25 heavy (non-hydrogen) atoms. The monoisotopic (exact) mass is 333 g/mol. The maximum atomic E-state index is 9.01. The molecule has 0 aromatic carbocycles. The molecule has 3 aromatic rings. The van der Waals surface area contributed by atoms with Crippen LogP contribution in [0.2, 0.25) is 0 Å². The maximum absolute atomic E-state index is 9.01. The standard InChI is InChI=1S/C18H19N7/c1-13-14(2)25-17(21-13)3-4-18(22-25)24-9-7-23(8-10-24)16-5-6-20-15(11-16)12-19/h3-6,11H,7-10H2,1-2H3. The van der Waals surface area contributed by atoms with Gasteiger partial charge in [0.05, 0.1) is 11.4 Å². The minimum absolute atomic E-state index is 0.456. The number of fused-ring (bicyclic) bond motifs is 1. The summed E-state index contributed by atoms with van der Waals surface area (Å²) < 4.78 is 1.92. The van der Waals surface area contributed by atoms with Gasteiger partial charge in [0.25, 0.3) is 0 Å². The lowest BCUT2D eigenvalue weighted by Crippen LogP contribution is -2.47. The van der Waals surface area contributed by atoms with Crippen molar-refractivity contribution in [3.8, 4) is 6.07 Å². The Morgan fingerprint density at radius 2 is 1.80 bits per heavy atom. The van der Waals surface area contributed by atoms with Crippen LogP contribution in [0.4, 0.5) is 11.5 Å². The van der Waals surface area contributed by atoms with Crippen molar-refractivity contribution in [3.63, 3.8) is 0 Å². The molecule has 126 valence electrons. The van der Waals surface area contributed by atoms with Crippen LogP contribution in [-0.4, -0.2) is 45.8 Å². The van der Waals surface area contributed by atoms with E-state index in [9.17, 15) is 0 Å². The van der Waals surface area contributed by atoms with E-state index < -0.39 is 0 Å². The molecule has 1 aliphatic heterocycles. The molecule has 4 rings (SSSR count). The van der Waals surface area contributed by atoms with Crippen LogP contribution in [0.25, 0.3) is 5.65 Å². The third-order valence-electron chi connectivity index (χ3n) is 4.75. The molecule has 0 unspecified atom stereocenters. The minimum atomic E-state index is 0.456. The molecule has 0 amide bonds. The second kappa shape index (κ2) is 6.06. The number of hydrogen-bond donors (Lipinski definition) is 0. The molecule has 0 atom stereocenters. The molecule has 1 aliphatic rings. The van der Waals surface area contributed by atoms with Crippen LogP contribution in [0, 0.1) is 25.2 Å². The summed E-state index contributed by atoms with van der Waals surface area (Å²) in [6, 6.07) is 9.96. The molecular weight excluding hydrogens is 314 g/mol. The largest absolute Gasteiger partial charge is 0.368 e. The normalized spacial score (nSPS) is 14.8. The third-order valence-corrected chi connectivity index (χ3v) is 4.75. The average molecular weight is 333 g/mol. The Labute approximate surface area is 146 Å². The van der Waals surface area contributed by atoms with Gasteiger partial charge in [-0.25, -0.2) is 14.5 Å².